The first-order valence-electron chi connectivity index (χ1n) is 6.25. The van der Waals surface area contributed by atoms with Crippen LogP contribution in [0, 0.1) is 0 Å². The molecule has 0 unspecified atom stereocenters. The van der Waals surface area contributed by atoms with Crippen molar-refractivity contribution in [2.75, 3.05) is 0 Å². The molecule has 3 rings (SSSR count). The summed E-state index contributed by atoms with van der Waals surface area (Å²) in [6.45, 7) is 0. The molecular weight excluding hydrogens is 291 g/mol. The lowest BCUT2D eigenvalue weighted by atomic mass is 10.1. The normalized spacial score (nSPS) is 10.7. The van der Waals surface area contributed by atoms with Gasteiger partial charge in [-0.1, -0.05) is 47.5 Å². The molecule has 2 aromatic carbocycles. The Morgan fingerprint density at radius 3 is 2.10 bits per heavy atom. The Bertz CT molecular complexity index is 700. The summed E-state index contributed by atoms with van der Waals surface area (Å²) in [6, 6.07) is 15.5. The van der Waals surface area contributed by atoms with Crippen molar-refractivity contribution in [2.45, 2.75) is 6.42 Å². The number of imidazole rings is 1. The number of aromatic nitrogens is 2. The van der Waals surface area contributed by atoms with Gasteiger partial charge in [0.15, 0.2) is 0 Å². The Morgan fingerprint density at radius 1 is 0.850 bits per heavy atom. The lowest BCUT2D eigenvalue weighted by Gasteiger charge is -1.99. The van der Waals surface area contributed by atoms with Crippen molar-refractivity contribution in [1.82, 2.24) is 9.97 Å². The fourth-order valence-corrected chi connectivity index (χ4v) is 2.28. The highest BCUT2D eigenvalue weighted by molar-refractivity contribution is 6.30. The second-order valence-corrected chi connectivity index (χ2v) is 5.43. The summed E-state index contributed by atoms with van der Waals surface area (Å²) >= 11 is 11.8. The Balaban J connectivity index is 1.80. The average Bonchev–Trinajstić information content (AvgIpc) is 2.91. The van der Waals surface area contributed by atoms with E-state index in [2.05, 4.69) is 9.97 Å². The van der Waals surface area contributed by atoms with Gasteiger partial charge >= 0.3 is 0 Å². The molecule has 0 aliphatic heterocycles. The Labute approximate surface area is 127 Å². The molecular formula is C16H12Cl2N2. The van der Waals surface area contributed by atoms with Gasteiger partial charge in [0.2, 0.25) is 0 Å². The molecule has 0 saturated heterocycles. The predicted octanol–water partition coefficient (Wildman–Crippen LogP) is 4.97. The number of benzene rings is 2. The summed E-state index contributed by atoms with van der Waals surface area (Å²) < 4.78 is 0. The number of hydrogen-bond acceptors (Lipinski definition) is 1. The molecule has 0 spiro atoms. The van der Waals surface area contributed by atoms with Crippen LogP contribution in [0.15, 0.2) is 54.7 Å². The lowest BCUT2D eigenvalue weighted by Crippen LogP contribution is -1.90. The molecule has 0 amide bonds. The van der Waals surface area contributed by atoms with Crippen LogP contribution in [0.5, 0.6) is 0 Å². The van der Waals surface area contributed by atoms with Crippen molar-refractivity contribution >= 4 is 23.2 Å². The first-order chi connectivity index (χ1) is 9.70. The van der Waals surface area contributed by atoms with Gasteiger partial charge in [0.25, 0.3) is 0 Å². The Kier molecular flexibility index (Phi) is 3.77. The minimum atomic E-state index is 0.731. The zero-order valence-corrected chi connectivity index (χ0v) is 12.1. The summed E-state index contributed by atoms with van der Waals surface area (Å²) in [4.78, 5) is 7.74. The minimum absolute atomic E-state index is 0.731. The van der Waals surface area contributed by atoms with E-state index < -0.39 is 0 Å². The van der Waals surface area contributed by atoms with Crippen molar-refractivity contribution in [3.8, 4) is 11.3 Å². The second kappa shape index (κ2) is 5.70. The third-order valence-corrected chi connectivity index (χ3v) is 3.57. The largest absolute Gasteiger partial charge is 0.342 e. The molecule has 2 nitrogen and oxygen atoms in total. The summed E-state index contributed by atoms with van der Waals surface area (Å²) in [7, 11) is 0. The van der Waals surface area contributed by atoms with Gasteiger partial charge in [-0.25, -0.2) is 4.98 Å². The van der Waals surface area contributed by atoms with Crippen molar-refractivity contribution in [3.63, 3.8) is 0 Å². The molecule has 0 fully saturated rings. The highest BCUT2D eigenvalue weighted by Crippen LogP contribution is 2.20. The molecule has 0 radical (unpaired) electrons. The molecule has 100 valence electrons. The standard InChI is InChI=1S/C16H12Cl2N2/c17-13-5-1-11(2-6-13)9-16-19-10-15(20-16)12-3-7-14(18)8-4-12/h1-8,10H,9H2,(H,19,20). The number of rotatable bonds is 3. The quantitative estimate of drug-likeness (QED) is 0.726. The van der Waals surface area contributed by atoms with Gasteiger partial charge < -0.3 is 4.98 Å². The van der Waals surface area contributed by atoms with Crippen LogP contribution in [0.2, 0.25) is 10.0 Å². The summed E-state index contributed by atoms with van der Waals surface area (Å²) in [5.74, 6) is 0.928. The summed E-state index contributed by atoms with van der Waals surface area (Å²) in [5.41, 5.74) is 3.24. The van der Waals surface area contributed by atoms with E-state index in [0.717, 1.165) is 33.5 Å². The van der Waals surface area contributed by atoms with Crippen LogP contribution in [0.1, 0.15) is 11.4 Å². The number of halogens is 2. The number of H-pyrrole nitrogens is 1. The zero-order valence-electron chi connectivity index (χ0n) is 10.6. The average molecular weight is 303 g/mol. The van der Waals surface area contributed by atoms with E-state index in [9.17, 15) is 0 Å². The monoisotopic (exact) mass is 302 g/mol. The van der Waals surface area contributed by atoms with E-state index in [1.807, 2.05) is 54.7 Å². The predicted molar refractivity (Wildman–Crippen MR) is 83.3 cm³/mol. The van der Waals surface area contributed by atoms with Crippen molar-refractivity contribution in [2.24, 2.45) is 0 Å². The molecule has 0 atom stereocenters. The number of aromatic amines is 1. The fraction of sp³-hybridized carbons (Fsp3) is 0.0625. The minimum Gasteiger partial charge on any atom is -0.342 e. The maximum atomic E-state index is 5.89. The first-order valence-corrected chi connectivity index (χ1v) is 7.00. The van der Waals surface area contributed by atoms with Crippen LogP contribution < -0.4 is 0 Å². The molecule has 1 heterocycles. The first kappa shape index (κ1) is 13.2. The topological polar surface area (TPSA) is 28.7 Å². The van der Waals surface area contributed by atoms with Gasteiger partial charge in [0.05, 0.1) is 11.9 Å². The van der Waals surface area contributed by atoms with Gasteiger partial charge in [-0.2, -0.15) is 0 Å². The molecule has 0 aliphatic rings. The van der Waals surface area contributed by atoms with Crippen LogP contribution in [0.3, 0.4) is 0 Å². The Morgan fingerprint density at radius 2 is 1.45 bits per heavy atom. The third kappa shape index (κ3) is 3.03. The Hall–Kier alpha value is -1.77. The molecule has 0 aliphatic carbocycles. The fourth-order valence-electron chi connectivity index (χ4n) is 2.02. The van der Waals surface area contributed by atoms with Crippen LogP contribution in [-0.2, 0) is 6.42 Å². The highest BCUT2D eigenvalue weighted by Gasteiger charge is 2.04. The van der Waals surface area contributed by atoms with E-state index >= 15 is 0 Å². The van der Waals surface area contributed by atoms with Crippen molar-refractivity contribution in [3.05, 3.63) is 76.2 Å². The smallest absolute Gasteiger partial charge is 0.110 e. The second-order valence-electron chi connectivity index (χ2n) is 4.55. The third-order valence-electron chi connectivity index (χ3n) is 3.07. The number of hydrogen-bond donors (Lipinski definition) is 1. The van der Waals surface area contributed by atoms with E-state index in [0.29, 0.717) is 0 Å². The highest BCUT2D eigenvalue weighted by atomic mass is 35.5. The van der Waals surface area contributed by atoms with Gasteiger partial charge in [0, 0.05) is 16.5 Å². The van der Waals surface area contributed by atoms with Gasteiger partial charge in [-0.15, -0.1) is 0 Å². The molecule has 20 heavy (non-hydrogen) atoms. The van der Waals surface area contributed by atoms with Crippen molar-refractivity contribution < 1.29 is 0 Å². The van der Waals surface area contributed by atoms with Crippen LogP contribution in [-0.4, -0.2) is 9.97 Å². The number of nitrogens with zero attached hydrogens (tertiary/aromatic N) is 1. The lowest BCUT2D eigenvalue weighted by molar-refractivity contribution is 1.03. The SMILES string of the molecule is Clc1ccc(Cc2ncc(-c3ccc(Cl)cc3)[nH]2)cc1. The molecule has 3 aromatic rings. The summed E-state index contributed by atoms with van der Waals surface area (Å²) in [5, 5.41) is 1.48. The van der Waals surface area contributed by atoms with Crippen LogP contribution >= 0.6 is 23.2 Å². The maximum Gasteiger partial charge on any atom is 0.110 e. The van der Waals surface area contributed by atoms with Gasteiger partial charge in [-0.05, 0) is 35.4 Å². The van der Waals surface area contributed by atoms with E-state index in [4.69, 9.17) is 23.2 Å². The molecule has 0 bridgehead atoms. The zero-order chi connectivity index (χ0) is 13.9. The molecule has 1 N–H and O–H groups in total. The number of nitrogens with one attached hydrogen (secondary N) is 1. The van der Waals surface area contributed by atoms with E-state index in [1.54, 1.807) is 0 Å². The summed E-state index contributed by atoms with van der Waals surface area (Å²) in [6.07, 6.45) is 2.60. The van der Waals surface area contributed by atoms with E-state index in [-0.39, 0.29) is 0 Å². The molecule has 0 saturated carbocycles. The van der Waals surface area contributed by atoms with Crippen LogP contribution in [0.4, 0.5) is 0 Å². The molecule has 4 heteroatoms. The maximum absolute atomic E-state index is 5.89. The molecule has 1 aromatic heterocycles. The van der Waals surface area contributed by atoms with Gasteiger partial charge in [0.1, 0.15) is 5.82 Å². The van der Waals surface area contributed by atoms with Gasteiger partial charge in [-0.3, -0.25) is 0 Å². The van der Waals surface area contributed by atoms with Crippen molar-refractivity contribution in [1.29, 1.82) is 0 Å². The van der Waals surface area contributed by atoms with Crippen LogP contribution in [0.25, 0.3) is 11.3 Å². The van der Waals surface area contributed by atoms with E-state index in [1.165, 1.54) is 5.56 Å².